The lowest BCUT2D eigenvalue weighted by atomic mass is 9.84. The van der Waals surface area contributed by atoms with Crippen molar-refractivity contribution in [1.29, 1.82) is 0 Å². The SMILES string of the molecule is Cc1ccc2c(c1)[C@H](N1C(=O)C[C@@H](CC/C=C/c3ccc(C)c(C(CC(C)(C)C)N=CN)c3)N=C1N)CC2(F)F. The zero-order valence-corrected chi connectivity index (χ0v) is 24.1. The number of amides is 1. The van der Waals surface area contributed by atoms with Gasteiger partial charge in [-0.25, -0.2) is 13.8 Å². The minimum atomic E-state index is -3.00. The first-order valence-corrected chi connectivity index (χ1v) is 13.9. The molecule has 4 N–H and O–H groups in total. The second-order valence-corrected chi connectivity index (χ2v) is 12.3. The molecule has 0 radical (unpaired) electrons. The van der Waals surface area contributed by atoms with E-state index < -0.39 is 18.4 Å². The number of nitrogens with zero attached hydrogens (tertiary/aromatic N) is 3. The lowest BCUT2D eigenvalue weighted by Gasteiger charge is -2.33. The number of benzene rings is 2. The smallest absolute Gasteiger partial charge is 0.275 e. The van der Waals surface area contributed by atoms with E-state index in [1.807, 2.05) is 6.92 Å². The third-order valence-corrected chi connectivity index (χ3v) is 7.67. The summed E-state index contributed by atoms with van der Waals surface area (Å²) < 4.78 is 29.4. The molecule has 1 unspecified atom stereocenters. The molecule has 2 aromatic carbocycles. The van der Waals surface area contributed by atoms with Crippen molar-refractivity contribution in [2.45, 2.75) is 90.8 Å². The van der Waals surface area contributed by atoms with E-state index in [2.05, 4.69) is 68.0 Å². The van der Waals surface area contributed by atoms with Gasteiger partial charge in [-0.1, -0.05) is 68.8 Å². The van der Waals surface area contributed by atoms with Crippen LogP contribution < -0.4 is 11.5 Å². The molecule has 0 saturated carbocycles. The predicted octanol–water partition coefficient (Wildman–Crippen LogP) is 6.71. The van der Waals surface area contributed by atoms with Crippen LogP contribution in [0, 0.1) is 19.3 Å². The second kappa shape index (κ2) is 11.5. The third-order valence-electron chi connectivity index (χ3n) is 7.67. The van der Waals surface area contributed by atoms with Gasteiger partial charge < -0.3 is 11.5 Å². The van der Waals surface area contributed by atoms with Gasteiger partial charge in [0, 0.05) is 18.4 Å². The zero-order valence-electron chi connectivity index (χ0n) is 24.1. The minimum Gasteiger partial charge on any atom is -0.390 e. The highest BCUT2D eigenvalue weighted by Crippen LogP contribution is 2.50. The molecule has 1 heterocycles. The van der Waals surface area contributed by atoms with Crippen LogP contribution in [-0.4, -0.2) is 29.1 Å². The summed E-state index contributed by atoms with van der Waals surface area (Å²) in [5.41, 5.74) is 16.7. The Kier molecular flexibility index (Phi) is 8.47. The monoisotopic (exact) mass is 549 g/mol. The van der Waals surface area contributed by atoms with E-state index in [9.17, 15) is 13.6 Å². The molecule has 0 aromatic heterocycles. The van der Waals surface area contributed by atoms with Crippen LogP contribution in [-0.2, 0) is 10.7 Å². The molecule has 0 spiro atoms. The molecule has 3 atom stereocenters. The van der Waals surface area contributed by atoms with Crippen molar-refractivity contribution in [3.8, 4) is 0 Å². The van der Waals surface area contributed by atoms with Crippen LogP contribution in [0.2, 0.25) is 0 Å². The number of allylic oxidation sites excluding steroid dienone is 1. The standard InChI is InChI=1S/C32H41F2N5O/c1-20-10-13-26-25(14-20)28(18-32(26,33)34)39-29(40)16-23(38-30(39)36)9-7-6-8-22-12-11-21(2)24(15-22)27(37-19-35)17-31(3,4)5/h6,8,10-15,19,23,27-28H,7,9,16-18H2,1-5H3,(H2,35,37)(H2,36,38)/b8-6+/t23-,27?,28-/m1/s1. The van der Waals surface area contributed by atoms with Gasteiger partial charge in [0.25, 0.3) is 5.92 Å². The zero-order chi connectivity index (χ0) is 29.2. The molecule has 6 nitrogen and oxygen atoms in total. The van der Waals surface area contributed by atoms with Crippen LogP contribution in [0.5, 0.6) is 0 Å². The van der Waals surface area contributed by atoms with Gasteiger partial charge in [-0.15, -0.1) is 0 Å². The lowest BCUT2D eigenvalue weighted by molar-refractivity contribution is -0.131. The van der Waals surface area contributed by atoms with Crippen molar-refractivity contribution in [1.82, 2.24) is 4.90 Å². The summed E-state index contributed by atoms with van der Waals surface area (Å²) in [4.78, 5) is 23.5. The number of hydrogen-bond donors (Lipinski definition) is 2. The second-order valence-electron chi connectivity index (χ2n) is 12.3. The van der Waals surface area contributed by atoms with E-state index in [0.717, 1.165) is 23.1 Å². The summed E-state index contributed by atoms with van der Waals surface area (Å²) in [7, 11) is 0. The van der Waals surface area contributed by atoms with Crippen LogP contribution in [0.4, 0.5) is 8.78 Å². The maximum Gasteiger partial charge on any atom is 0.275 e. The summed E-state index contributed by atoms with van der Waals surface area (Å²) in [6, 6.07) is 10.1. The summed E-state index contributed by atoms with van der Waals surface area (Å²) >= 11 is 0. The third kappa shape index (κ3) is 6.60. The van der Waals surface area contributed by atoms with E-state index in [1.54, 1.807) is 12.1 Å². The molecule has 214 valence electrons. The molecule has 0 bridgehead atoms. The van der Waals surface area contributed by atoms with Crippen molar-refractivity contribution in [2.75, 3.05) is 0 Å². The number of halogens is 2. The van der Waals surface area contributed by atoms with Gasteiger partial charge in [-0.2, -0.15) is 0 Å². The Morgan fingerprint density at radius 3 is 2.62 bits per heavy atom. The van der Waals surface area contributed by atoms with Gasteiger partial charge in [0.05, 0.1) is 24.5 Å². The molecule has 40 heavy (non-hydrogen) atoms. The number of carbonyl (C=O) groups is 1. The maximum atomic E-state index is 14.7. The molecular formula is C32H41F2N5O. The van der Waals surface area contributed by atoms with Crippen LogP contribution in [0.25, 0.3) is 6.08 Å². The van der Waals surface area contributed by atoms with Gasteiger partial charge in [-0.05, 0) is 66.8 Å². The first-order valence-electron chi connectivity index (χ1n) is 13.9. The number of aryl methyl sites for hydroxylation is 2. The quantitative estimate of drug-likeness (QED) is 0.283. The first-order chi connectivity index (χ1) is 18.8. The molecule has 1 aliphatic heterocycles. The summed E-state index contributed by atoms with van der Waals surface area (Å²) in [5.74, 6) is -3.24. The van der Waals surface area contributed by atoms with Crippen LogP contribution in [0.15, 0.2) is 52.5 Å². The van der Waals surface area contributed by atoms with Crippen LogP contribution in [0.3, 0.4) is 0 Å². The average molecular weight is 550 g/mol. The summed E-state index contributed by atoms with van der Waals surface area (Å²) in [6.07, 6.45) is 7.40. The van der Waals surface area contributed by atoms with E-state index in [0.29, 0.717) is 18.4 Å². The maximum absolute atomic E-state index is 14.7. The molecule has 4 rings (SSSR count). The van der Waals surface area contributed by atoms with E-state index in [-0.39, 0.29) is 41.3 Å². The van der Waals surface area contributed by atoms with E-state index in [4.69, 9.17) is 11.5 Å². The van der Waals surface area contributed by atoms with Crippen molar-refractivity contribution < 1.29 is 13.6 Å². The Bertz CT molecular complexity index is 1340. The molecule has 2 aromatic rings. The number of guanidine groups is 1. The fraction of sp³-hybridized carbons (Fsp3) is 0.469. The van der Waals surface area contributed by atoms with Crippen molar-refractivity contribution in [2.24, 2.45) is 26.9 Å². The Labute approximate surface area is 236 Å². The molecule has 1 amide bonds. The average Bonchev–Trinajstić information content (AvgIpc) is 3.10. The highest BCUT2D eigenvalue weighted by Gasteiger charge is 2.49. The molecule has 1 aliphatic carbocycles. The number of nitrogens with two attached hydrogens (primary N) is 2. The van der Waals surface area contributed by atoms with Crippen LogP contribution >= 0.6 is 0 Å². The Morgan fingerprint density at radius 1 is 1.20 bits per heavy atom. The highest BCUT2D eigenvalue weighted by molar-refractivity contribution is 5.99. The highest BCUT2D eigenvalue weighted by atomic mass is 19.3. The van der Waals surface area contributed by atoms with Gasteiger partial charge in [0.15, 0.2) is 5.96 Å². The van der Waals surface area contributed by atoms with Crippen molar-refractivity contribution in [3.05, 3.63) is 75.9 Å². The molecule has 2 aliphatic rings. The van der Waals surface area contributed by atoms with Crippen molar-refractivity contribution in [3.63, 3.8) is 0 Å². The summed E-state index contributed by atoms with van der Waals surface area (Å²) in [5, 5.41) is 0. The predicted molar refractivity (Wildman–Crippen MR) is 158 cm³/mol. The number of aliphatic imine (C=N–C) groups is 2. The fourth-order valence-corrected chi connectivity index (χ4v) is 5.76. The molecule has 8 heteroatoms. The molecular weight excluding hydrogens is 508 g/mol. The first kappa shape index (κ1) is 29.4. The van der Waals surface area contributed by atoms with E-state index >= 15 is 0 Å². The normalized spacial score (nSPS) is 21.7. The Hall–Kier alpha value is -3.55. The lowest BCUT2D eigenvalue weighted by Crippen LogP contribution is -2.48. The van der Waals surface area contributed by atoms with Crippen molar-refractivity contribution >= 4 is 24.3 Å². The van der Waals surface area contributed by atoms with Crippen LogP contribution in [0.1, 0.15) is 98.3 Å². The van der Waals surface area contributed by atoms with Gasteiger partial charge in [-0.3, -0.25) is 14.7 Å². The van der Waals surface area contributed by atoms with E-state index in [1.165, 1.54) is 22.9 Å². The molecule has 0 saturated heterocycles. The number of carbonyl (C=O) groups excluding carboxylic acids is 1. The Balaban J connectivity index is 1.42. The van der Waals surface area contributed by atoms with Gasteiger partial charge in [0.1, 0.15) is 0 Å². The Morgan fingerprint density at radius 2 is 1.95 bits per heavy atom. The number of alkyl halides is 2. The van der Waals surface area contributed by atoms with Gasteiger partial charge >= 0.3 is 0 Å². The number of rotatable bonds is 8. The summed E-state index contributed by atoms with van der Waals surface area (Å²) in [6.45, 7) is 10.5. The number of hydrogen-bond acceptors (Lipinski definition) is 4. The number of fused-ring (bicyclic) bond motifs is 1. The fourth-order valence-electron chi connectivity index (χ4n) is 5.76. The molecule has 0 fully saturated rings. The largest absolute Gasteiger partial charge is 0.390 e. The van der Waals surface area contributed by atoms with Gasteiger partial charge in [0.2, 0.25) is 5.91 Å². The topological polar surface area (TPSA) is 97.1 Å². The minimum absolute atomic E-state index is 0.0115.